The van der Waals surface area contributed by atoms with Gasteiger partial charge in [-0.1, -0.05) is 6.07 Å². The number of H-pyrrole nitrogens is 1. The van der Waals surface area contributed by atoms with Crippen LogP contribution in [0.4, 0.5) is 0 Å². The summed E-state index contributed by atoms with van der Waals surface area (Å²) in [5, 5.41) is 1.03. The molecule has 0 amide bonds. The van der Waals surface area contributed by atoms with E-state index in [0.29, 0.717) is 42.6 Å². The van der Waals surface area contributed by atoms with E-state index in [4.69, 9.17) is 9.47 Å². The Labute approximate surface area is 184 Å². The third-order valence-electron chi connectivity index (χ3n) is 5.69. The Morgan fingerprint density at radius 2 is 1.74 bits per heavy atom. The lowest BCUT2D eigenvalue weighted by molar-refractivity contribution is 0.287. The Kier molecular flexibility index (Phi) is 6.53. The molecular formula is C24H30N2O4S. The highest BCUT2D eigenvalue weighted by atomic mass is 32.2. The van der Waals surface area contributed by atoms with Crippen molar-refractivity contribution in [3.05, 3.63) is 53.2 Å². The normalized spacial score (nSPS) is 13.9. The zero-order chi connectivity index (χ0) is 21.8. The van der Waals surface area contributed by atoms with Crippen molar-refractivity contribution >= 4 is 20.9 Å². The molecule has 6 nitrogen and oxygen atoms in total. The zero-order valence-corrected chi connectivity index (χ0v) is 19.0. The lowest BCUT2D eigenvalue weighted by Gasteiger charge is -2.13. The van der Waals surface area contributed by atoms with E-state index in [0.717, 1.165) is 35.7 Å². The molecule has 1 aliphatic carbocycles. The third kappa shape index (κ3) is 4.72. The molecule has 1 aliphatic rings. The van der Waals surface area contributed by atoms with Crippen LogP contribution >= 0.6 is 0 Å². The Hall–Kier alpha value is -2.51. The molecule has 1 aromatic heterocycles. The molecule has 2 aromatic carbocycles. The maximum atomic E-state index is 12.9. The highest BCUT2D eigenvalue weighted by Crippen LogP contribution is 2.31. The summed E-state index contributed by atoms with van der Waals surface area (Å²) in [7, 11) is -3.58. The predicted octanol–water partition coefficient (Wildman–Crippen LogP) is 4.37. The number of aromatic nitrogens is 1. The Morgan fingerprint density at radius 3 is 2.55 bits per heavy atom. The maximum absolute atomic E-state index is 12.9. The molecule has 0 radical (unpaired) electrons. The van der Waals surface area contributed by atoms with Crippen LogP contribution in [0.5, 0.6) is 11.5 Å². The van der Waals surface area contributed by atoms with Crippen molar-refractivity contribution in [2.24, 2.45) is 0 Å². The molecule has 0 fully saturated rings. The molecule has 31 heavy (non-hydrogen) atoms. The number of hydrogen-bond donors (Lipinski definition) is 2. The topological polar surface area (TPSA) is 80.4 Å². The molecule has 0 spiro atoms. The molecule has 0 saturated heterocycles. The molecule has 0 bridgehead atoms. The molecule has 7 heteroatoms. The van der Waals surface area contributed by atoms with Crippen molar-refractivity contribution in [3.63, 3.8) is 0 Å². The summed E-state index contributed by atoms with van der Waals surface area (Å²) < 4.78 is 39.8. The van der Waals surface area contributed by atoms with Gasteiger partial charge >= 0.3 is 0 Å². The van der Waals surface area contributed by atoms with Gasteiger partial charge in [0.05, 0.1) is 18.1 Å². The van der Waals surface area contributed by atoms with Crippen molar-refractivity contribution in [3.8, 4) is 11.5 Å². The number of rotatable bonds is 9. The van der Waals surface area contributed by atoms with Crippen LogP contribution in [0.25, 0.3) is 10.9 Å². The van der Waals surface area contributed by atoms with E-state index in [-0.39, 0.29) is 0 Å². The van der Waals surface area contributed by atoms with Gasteiger partial charge in [0.15, 0.2) is 11.5 Å². The van der Waals surface area contributed by atoms with Crippen LogP contribution < -0.4 is 14.2 Å². The summed E-state index contributed by atoms with van der Waals surface area (Å²) in [6, 6.07) is 11.1. The smallest absolute Gasteiger partial charge is 0.240 e. The third-order valence-corrected chi connectivity index (χ3v) is 7.15. The van der Waals surface area contributed by atoms with Gasteiger partial charge in [-0.2, -0.15) is 0 Å². The monoisotopic (exact) mass is 442 g/mol. The number of aryl methyl sites for hydroxylation is 2. The number of sulfonamides is 1. The number of hydrogen-bond acceptors (Lipinski definition) is 4. The highest BCUT2D eigenvalue weighted by Gasteiger charge is 2.19. The number of benzene rings is 2. The first-order chi connectivity index (χ1) is 15.0. The average Bonchev–Trinajstić information content (AvgIpc) is 3.14. The molecule has 0 unspecified atom stereocenters. The van der Waals surface area contributed by atoms with Gasteiger partial charge in [-0.25, -0.2) is 13.1 Å². The molecular weight excluding hydrogens is 412 g/mol. The van der Waals surface area contributed by atoms with Gasteiger partial charge in [-0.15, -0.1) is 0 Å². The minimum atomic E-state index is -3.58. The Balaban J connectivity index is 1.46. The molecule has 1 heterocycles. The van der Waals surface area contributed by atoms with Crippen LogP contribution in [0.1, 0.15) is 43.5 Å². The van der Waals surface area contributed by atoms with Gasteiger partial charge < -0.3 is 14.5 Å². The van der Waals surface area contributed by atoms with Gasteiger partial charge in [0, 0.05) is 23.1 Å². The lowest BCUT2D eigenvalue weighted by atomic mass is 9.96. The quantitative estimate of drug-likeness (QED) is 0.516. The van der Waals surface area contributed by atoms with Crippen molar-refractivity contribution in [2.75, 3.05) is 19.8 Å². The summed E-state index contributed by atoms with van der Waals surface area (Å²) in [6.07, 6.45) is 4.94. The molecule has 0 atom stereocenters. The van der Waals surface area contributed by atoms with Crippen LogP contribution in [0.15, 0.2) is 41.3 Å². The van der Waals surface area contributed by atoms with Gasteiger partial charge in [0.1, 0.15) is 0 Å². The molecule has 4 rings (SSSR count). The van der Waals surface area contributed by atoms with Gasteiger partial charge in [0.25, 0.3) is 0 Å². The molecule has 166 valence electrons. The van der Waals surface area contributed by atoms with Crippen LogP contribution in [0.3, 0.4) is 0 Å². The van der Waals surface area contributed by atoms with Crippen molar-refractivity contribution in [2.45, 2.75) is 50.8 Å². The van der Waals surface area contributed by atoms with E-state index in [2.05, 4.69) is 9.71 Å². The Bertz CT molecular complexity index is 1170. The van der Waals surface area contributed by atoms with E-state index in [1.807, 2.05) is 44.2 Å². The number of ether oxygens (including phenoxy) is 2. The fourth-order valence-corrected chi connectivity index (χ4v) is 5.27. The molecule has 2 N–H and O–H groups in total. The first kappa shape index (κ1) is 21.7. The van der Waals surface area contributed by atoms with Crippen LogP contribution in [0.2, 0.25) is 0 Å². The molecule has 0 saturated carbocycles. The highest BCUT2D eigenvalue weighted by molar-refractivity contribution is 7.89. The summed E-state index contributed by atoms with van der Waals surface area (Å²) in [5.41, 5.74) is 4.54. The van der Waals surface area contributed by atoms with Gasteiger partial charge in [-0.3, -0.25) is 0 Å². The van der Waals surface area contributed by atoms with E-state index in [1.54, 1.807) is 6.07 Å². The fourth-order valence-electron chi connectivity index (χ4n) is 4.22. The summed E-state index contributed by atoms with van der Waals surface area (Å²) >= 11 is 0. The van der Waals surface area contributed by atoms with Gasteiger partial charge in [-0.05, 0) is 87.4 Å². The summed E-state index contributed by atoms with van der Waals surface area (Å²) in [4.78, 5) is 3.77. The van der Waals surface area contributed by atoms with Crippen LogP contribution in [-0.4, -0.2) is 33.2 Å². The van der Waals surface area contributed by atoms with Crippen LogP contribution in [-0.2, 0) is 29.3 Å². The second kappa shape index (κ2) is 9.32. The van der Waals surface area contributed by atoms with Crippen LogP contribution in [0, 0.1) is 0 Å². The van der Waals surface area contributed by atoms with Crippen molar-refractivity contribution < 1.29 is 17.9 Å². The van der Waals surface area contributed by atoms with E-state index >= 15 is 0 Å². The average molecular weight is 443 g/mol. The standard InChI is InChI=1S/C24H30N2O4S/c1-3-29-23-12-9-17(15-24(23)30-4-2)13-14-25-31(27,28)18-10-11-22-20(16-18)19-7-5-6-8-21(19)26-22/h9-12,15-16,25-26H,3-8,13-14H2,1-2H3. The second-order valence-electron chi connectivity index (χ2n) is 7.79. The zero-order valence-electron chi connectivity index (χ0n) is 18.2. The second-order valence-corrected chi connectivity index (χ2v) is 9.56. The number of aromatic amines is 1. The summed E-state index contributed by atoms with van der Waals surface area (Å²) in [5.74, 6) is 1.39. The Morgan fingerprint density at radius 1 is 0.968 bits per heavy atom. The van der Waals surface area contributed by atoms with E-state index in [1.165, 1.54) is 17.7 Å². The predicted molar refractivity (Wildman–Crippen MR) is 123 cm³/mol. The fraction of sp³-hybridized carbons (Fsp3) is 0.417. The minimum absolute atomic E-state index is 0.311. The number of nitrogens with one attached hydrogen (secondary N) is 2. The SMILES string of the molecule is CCOc1ccc(CCNS(=O)(=O)c2ccc3[nH]c4c(c3c2)CCCC4)cc1OCC. The molecule has 0 aliphatic heterocycles. The number of fused-ring (bicyclic) bond motifs is 3. The van der Waals surface area contributed by atoms with Crippen molar-refractivity contribution in [1.82, 2.24) is 9.71 Å². The summed E-state index contributed by atoms with van der Waals surface area (Å²) in [6.45, 7) is 5.27. The van der Waals surface area contributed by atoms with E-state index < -0.39 is 10.0 Å². The van der Waals surface area contributed by atoms with Crippen molar-refractivity contribution in [1.29, 1.82) is 0 Å². The van der Waals surface area contributed by atoms with E-state index in [9.17, 15) is 8.42 Å². The minimum Gasteiger partial charge on any atom is -0.490 e. The lowest BCUT2D eigenvalue weighted by Crippen LogP contribution is -2.26. The first-order valence-corrected chi connectivity index (χ1v) is 12.5. The van der Waals surface area contributed by atoms with Gasteiger partial charge in [0.2, 0.25) is 10.0 Å². The maximum Gasteiger partial charge on any atom is 0.240 e. The largest absolute Gasteiger partial charge is 0.490 e. The molecule has 3 aromatic rings. The first-order valence-electron chi connectivity index (χ1n) is 11.0.